The molecule has 3 atom stereocenters. The molecule has 2 aliphatic rings. The molecule has 2 saturated heterocycles. The van der Waals surface area contributed by atoms with Crippen molar-refractivity contribution in [3.8, 4) is 0 Å². The third-order valence-corrected chi connectivity index (χ3v) is 5.56. The molecule has 0 aromatic carbocycles. The predicted molar refractivity (Wildman–Crippen MR) is 67.2 cm³/mol. The molecule has 2 aliphatic heterocycles. The molecule has 0 saturated carbocycles. The van der Waals surface area contributed by atoms with Gasteiger partial charge in [0, 0.05) is 13.1 Å². The van der Waals surface area contributed by atoms with Crippen LogP contribution in [0.15, 0.2) is 0 Å². The van der Waals surface area contributed by atoms with Gasteiger partial charge in [0.2, 0.25) is 20.0 Å². The molecule has 0 amide bonds. The van der Waals surface area contributed by atoms with Crippen molar-refractivity contribution >= 4 is 20.0 Å². The first-order chi connectivity index (χ1) is 8.60. The van der Waals surface area contributed by atoms with Crippen LogP contribution in [0.1, 0.15) is 6.92 Å². The molecule has 2 heterocycles. The average Bonchev–Trinajstić information content (AvgIpc) is 2.24. The molecule has 0 unspecified atom stereocenters. The van der Waals surface area contributed by atoms with Crippen molar-refractivity contribution in [2.45, 2.75) is 25.5 Å². The number of hydrogen-bond acceptors (Lipinski definition) is 6. The zero-order valence-corrected chi connectivity index (χ0v) is 12.6. The van der Waals surface area contributed by atoms with Crippen molar-refractivity contribution in [1.82, 2.24) is 8.61 Å². The molecule has 19 heavy (non-hydrogen) atoms. The highest BCUT2D eigenvalue weighted by Gasteiger charge is 2.48. The van der Waals surface area contributed by atoms with Crippen LogP contribution in [0.5, 0.6) is 0 Å². The summed E-state index contributed by atoms with van der Waals surface area (Å²) in [7, 11) is -6.96. The predicted octanol–water partition coefficient (Wildman–Crippen LogP) is -1.39. The van der Waals surface area contributed by atoms with Crippen LogP contribution in [-0.4, -0.2) is 76.2 Å². The summed E-state index contributed by atoms with van der Waals surface area (Å²) in [6.45, 7) is 2.09. The van der Waals surface area contributed by atoms with Crippen LogP contribution in [0.3, 0.4) is 0 Å². The van der Waals surface area contributed by atoms with Gasteiger partial charge in [-0.2, -0.15) is 8.61 Å². The monoisotopic (exact) mass is 314 g/mol. The van der Waals surface area contributed by atoms with E-state index in [-0.39, 0.29) is 25.8 Å². The lowest BCUT2D eigenvalue weighted by Gasteiger charge is -2.47. The summed E-state index contributed by atoms with van der Waals surface area (Å²) in [6.07, 6.45) is 0.00609. The van der Waals surface area contributed by atoms with Crippen LogP contribution in [0.25, 0.3) is 0 Å². The fraction of sp³-hybridized carbons (Fsp3) is 1.00. The van der Waals surface area contributed by atoms with E-state index in [1.54, 1.807) is 6.92 Å². The quantitative estimate of drug-likeness (QED) is 0.623. The van der Waals surface area contributed by atoms with Crippen molar-refractivity contribution < 1.29 is 26.3 Å². The van der Waals surface area contributed by atoms with Gasteiger partial charge in [-0.05, 0) is 6.92 Å². The topological polar surface area (TPSA) is 93.2 Å². The number of rotatable bonds is 2. The second-order valence-electron chi connectivity index (χ2n) is 4.81. The smallest absolute Gasteiger partial charge is 0.213 e. The molecule has 0 aromatic heterocycles. The van der Waals surface area contributed by atoms with Crippen LogP contribution in [0.4, 0.5) is 0 Å². The van der Waals surface area contributed by atoms with Gasteiger partial charge in [-0.25, -0.2) is 16.8 Å². The normalized spacial score (nSPS) is 35.0. The molecule has 0 bridgehead atoms. The highest BCUT2D eigenvalue weighted by Crippen LogP contribution is 2.28. The van der Waals surface area contributed by atoms with Crippen molar-refractivity contribution in [3.05, 3.63) is 0 Å². The van der Waals surface area contributed by atoms with Gasteiger partial charge in [0.15, 0.2) is 12.5 Å². The van der Waals surface area contributed by atoms with E-state index in [0.717, 1.165) is 21.1 Å². The van der Waals surface area contributed by atoms with E-state index >= 15 is 0 Å². The minimum atomic E-state index is -3.48. The van der Waals surface area contributed by atoms with Crippen LogP contribution in [-0.2, 0) is 29.5 Å². The van der Waals surface area contributed by atoms with E-state index in [9.17, 15) is 16.8 Å². The van der Waals surface area contributed by atoms with Gasteiger partial charge in [0.05, 0.1) is 25.2 Å². The Labute approximate surface area is 113 Å². The molecule has 0 aromatic rings. The Morgan fingerprint density at radius 1 is 0.947 bits per heavy atom. The SMILES string of the molecule is C[C@@H]1CO[C@H]2[C@H](O1)N(S(C)(=O)=O)CCN2S(C)(=O)=O. The molecular weight excluding hydrogens is 296 g/mol. The first-order valence-corrected chi connectivity index (χ1v) is 9.51. The summed E-state index contributed by atoms with van der Waals surface area (Å²) >= 11 is 0. The lowest BCUT2D eigenvalue weighted by atomic mass is 10.3. The summed E-state index contributed by atoms with van der Waals surface area (Å²) in [5, 5.41) is 0. The number of ether oxygens (including phenoxy) is 2. The third-order valence-electron chi connectivity index (χ3n) is 3.08. The summed E-state index contributed by atoms with van der Waals surface area (Å²) in [6, 6.07) is 0. The highest BCUT2D eigenvalue weighted by molar-refractivity contribution is 7.88. The van der Waals surface area contributed by atoms with Crippen molar-refractivity contribution in [2.24, 2.45) is 0 Å². The molecular formula is C9H18N2O6S2. The fourth-order valence-corrected chi connectivity index (χ4v) is 4.16. The van der Waals surface area contributed by atoms with Gasteiger partial charge in [-0.1, -0.05) is 0 Å². The maximum atomic E-state index is 11.7. The highest BCUT2D eigenvalue weighted by atomic mass is 32.2. The van der Waals surface area contributed by atoms with Gasteiger partial charge in [0.25, 0.3) is 0 Å². The second-order valence-corrected chi connectivity index (χ2v) is 8.68. The fourth-order valence-electron chi connectivity index (χ4n) is 2.26. The van der Waals surface area contributed by atoms with Crippen LogP contribution >= 0.6 is 0 Å². The molecule has 112 valence electrons. The lowest BCUT2D eigenvalue weighted by molar-refractivity contribution is -0.249. The van der Waals surface area contributed by atoms with Gasteiger partial charge < -0.3 is 9.47 Å². The number of sulfonamides is 2. The Morgan fingerprint density at radius 3 is 1.89 bits per heavy atom. The lowest BCUT2D eigenvalue weighted by Crippen LogP contribution is -2.66. The van der Waals surface area contributed by atoms with E-state index in [1.165, 1.54) is 0 Å². The van der Waals surface area contributed by atoms with Gasteiger partial charge in [-0.3, -0.25) is 0 Å². The Kier molecular flexibility index (Phi) is 3.93. The van der Waals surface area contributed by atoms with E-state index < -0.39 is 32.5 Å². The van der Waals surface area contributed by atoms with E-state index in [2.05, 4.69) is 0 Å². The third kappa shape index (κ3) is 3.09. The van der Waals surface area contributed by atoms with Crippen LogP contribution < -0.4 is 0 Å². The largest absolute Gasteiger partial charge is 0.355 e. The minimum Gasteiger partial charge on any atom is -0.355 e. The zero-order valence-electron chi connectivity index (χ0n) is 11.0. The molecule has 0 aliphatic carbocycles. The van der Waals surface area contributed by atoms with E-state index in [4.69, 9.17) is 9.47 Å². The van der Waals surface area contributed by atoms with E-state index in [0.29, 0.717) is 0 Å². The molecule has 2 rings (SSSR count). The second kappa shape index (κ2) is 4.93. The minimum absolute atomic E-state index is 0.0587. The maximum Gasteiger partial charge on any atom is 0.213 e. The summed E-state index contributed by atoms with van der Waals surface area (Å²) in [5.74, 6) is 0. The molecule has 2 fully saturated rings. The Hall–Kier alpha value is -0.260. The summed E-state index contributed by atoms with van der Waals surface area (Å²) in [4.78, 5) is 0. The number of hydrogen-bond donors (Lipinski definition) is 0. The van der Waals surface area contributed by atoms with Crippen molar-refractivity contribution in [2.75, 3.05) is 32.2 Å². The molecule has 10 heteroatoms. The number of piperazine rings is 1. The summed E-state index contributed by atoms with van der Waals surface area (Å²) < 4.78 is 60.2. The molecule has 0 radical (unpaired) electrons. The first-order valence-electron chi connectivity index (χ1n) is 5.81. The first kappa shape index (κ1) is 15.1. The maximum absolute atomic E-state index is 11.7. The molecule has 0 N–H and O–H groups in total. The molecule has 0 spiro atoms. The Balaban J connectivity index is 2.34. The average molecular weight is 314 g/mol. The Bertz CT molecular complexity index is 545. The van der Waals surface area contributed by atoms with Gasteiger partial charge in [-0.15, -0.1) is 0 Å². The van der Waals surface area contributed by atoms with Crippen molar-refractivity contribution in [1.29, 1.82) is 0 Å². The number of nitrogens with zero attached hydrogens (tertiary/aromatic N) is 2. The van der Waals surface area contributed by atoms with Gasteiger partial charge >= 0.3 is 0 Å². The number of fused-ring (bicyclic) bond motifs is 1. The summed E-state index contributed by atoms with van der Waals surface area (Å²) in [5.41, 5.74) is 0. The van der Waals surface area contributed by atoms with Crippen LogP contribution in [0.2, 0.25) is 0 Å². The van der Waals surface area contributed by atoms with Crippen LogP contribution in [0, 0.1) is 0 Å². The van der Waals surface area contributed by atoms with E-state index in [1.807, 2.05) is 0 Å². The zero-order chi connectivity index (χ0) is 14.4. The molecule has 8 nitrogen and oxygen atoms in total. The van der Waals surface area contributed by atoms with Gasteiger partial charge in [0.1, 0.15) is 0 Å². The Morgan fingerprint density at radius 2 is 1.42 bits per heavy atom. The van der Waals surface area contributed by atoms with Crippen molar-refractivity contribution in [3.63, 3.8) is 0 Å². The standard InChI is InChI=1S/C9H18N2O6S2/c1-7-6-16-8-9(17-7)11(19(3,14)15)5-4-10(8)18(2,12)13/h7-9H,4-6H2,1-3H3/t7-,8+,9+/m1/s1.